The Morgan fingerprint density at radius 3 is 2.97 bits per heavy atom. The number of ether oxygens (including phenoxy) is 2. The number of rotatable bonds is 7. The molecule has 2 heterocycles. The van der Waals surface area contributed by atoms with E-state index in [4.69, 9.17) is 21.7 Å². The van der Waals surface area contributed by atoms with Crippen molar-refractivity contribution in [1.29, 1.82) is 0 Å². The van der Waals surface area contributed by atoms with E-state index in [0.717, 1.165) is 42.1 Å². The number of aromatic nitrogens is 3. The molecule has 4 rings (SSSR count). The van der Waals surface area contributed by atoms with E-state index >= 15 is 0 Å². The first kappa shape index (κ1) is 20.3. The van der Waals surface area contributed by atoms with Crippen LogP contribution in [0.15, 0.2) is 55.4 Å². The predicted molar refractivity (Wildman–Crippen MR) is 118 cm³/mol. The first-order valence-corrected chi connectivity index (χ1v) is 10.7. The SMILES string of the molecule is C=CCOc1cccc(C(C(=O)OC2CCCCC2)n2ccc3[nH]ncc3c2=S)c1. The molecule has 6 nitrogen and oxygen atoms in total. The van der Waals surface area contributed by atoms with Gasteiger partial charge in [-0.3, -0.25) is 5.10 Å². The van der Waals surface area contributed by atoms with Gasteiger partial charge in [0.2, 0.25) is 0 Å². The van der Waals surface area contributed by atoms with E-state index in [2.05, 4.69) is 16.8 Å². The fourth-order valence-corrected chi connectivity index (χ4v) is 4.24. The van der Waals surface area contributed by atoms with Gasteiger partial charge < -0.3 is 14.0 Å². The molecule has 30 heavy (non-hydrogen) atoms. The number of H-pyrrole nitrogens is 1. The van der Waals surface area contributed by atoms with E-state index in [9.17, 15) is 4.79 Å². The molecule has 156 valence electrons. The lowest BCUT2D eigenvalue weighted by Gasteiger charge is -2.26. The number of carbonyl (C=O) groups excluding carboxylic acids is 1. The molecule has 1 saturated carbocycles. The molecule has 1 aliphatic carbocycles. The van der Waals surface area contributed by atoms with Crippen molar-refractivity contribution in [3.63, 3.8) is 0 Å². The second-order valence-corrected chi connectivity index (χ2v) is 7.88. The average Bonchev–Trinajstić information content (AvgIpc) is 3.25. The maximum atomic E-state index is 13.4. The van der Waals surface area contributed by atoms with Crippen LogP contribution < -0.4 is 4.74 Å². The van der Waals surface area contributed by atoms with Gasteiger partial charge in [-0.25, -0.2) is 4.79 Å². The van der Waals surface area contributed by atoms with E-state index in [-0.39, 0.29) is 12.1 Å². The lowest BCUT2D eigenvalue weighted by molar-refractivity contribution is -0.153. The Morgan fingerprint density at radius 2 is 2.17 bits per heavy atom. The normalized spacial score (nSPS) is 15.6. The van der Waals surface area contributed by atoms with Gasteiger partial charge in [-0.2, -0.15) is 5.10 Å². The third kappa shape index (κ3) is 4.31. The Labute approximate surface area is 180 Å². The summed E-state index contributed by atoms with van der Waals surface area (Å²) in [6.07, 6.45) is 10.3. The maximum Gasteiger partial charge on any atom is 0.334 e. The first-order chi connectivity index (χ1) is 14.7. The number of esters is 1. The van der Waals surface area contributed by atoms with Gasteiger partial charge in [0, 0.05) is 6.20 Å². The number of fused-ring (bicyclic) bond motifs is 1. The number of nitrogens with zero attached hydrogens (tertiary/aromatic N) is 2. The minimum absolute atomic E-state index is 0.0409. The predicted octanol–water partition coefficient (Wildman–Crippen LogP) is 5.12. The average molecular weight is 424 g/mol. The molecule has 1 unspecified atom stereocenters. The Morgan fingerprint density at radius 1 is 1.33 bits per heavy atom. The van der Waals surface area contributed by atoms with Crippen molar-refractivity contribution in [2.45, 2.75) is 44.2 Å². The van der Waals surface area contributed by atoms with Crippen molar-refractivity contribution in [2.24, 2.45) is 0 Å². The van der Waals surface area contributed by atoms with Gasteiger partial charge in [0.15, 0.2) is 6.04 Å². The maximum absolute atomic E-state index is 13.4. The molecule has 0 radical (unpaired) electrons. The molecular formula is C23H25N3O3S. The first-order valence-electron chi connectivity index (χ1n) is 10.3. The lowest BCUT2D eigenvalue weighted by Crippen LogP contribution is -2.29. The summed E-state index contributed by atoms with van der Waals surface area (Å²) in [5, 5.41) is 7.78. The van der Waals surface area contributed by atoms with Crippen molar-refractivity contribution in [3.8, 4) is 5.75 Å². The van der Waals surface area contributed by atoms with Crippen molar-refractivity contribution < 1.29 is 14.3 Å². The second-order valence-electron chi connectivity index (χ2n) is 7.50. The minimum Gasteiger partial charge on any atom is -0.490 e. The molecular weight excluding hydrogens is 398 g/mol. The Bertz CT molecular complexity index is 1100. The molecule has 1 N–H and O–H groups in total. The Balaban J connectivity index is 1.74. The lowest BCUT2D eigenvalue weighted by atomic mass is 9.97. The van der Waals surface area contributed by atoms with E-state index in [0.29, 0.717) is 17.0 Å². The topological polar surface area (TPSA) is 69.1 Å². The molecule has 0 saturated heterocycles. The summed E-state index contributed by atoms with van der Waals surface area (Å²) >= 11 is 5.70. The fraction of sp³-hybridized carbons (Fsp3) is 0.348. The minimum atomic E-state index is -0.703. The van der Waals surface area contributed by atoms with Gasteiger partial charge in [0.1, 0.15) is 23.1 Å². The zero-order chi connectivity index (χ0) is 20.9. The van der Waals surface area contributed by atoms with Gasteiger partial charge in [-0.05, 0) is 49.4 Å². The second kappa shape index (κ2) is 9.26. The van der Waals surface area contributed by atoms with E-state index in [1.807, 2.05) is 36.5 Å². The number of pyridine rings is 1. The fourth-order valence-electron chi connectivity index (χ4n) is 3.91. The molecule has 3 aromatic rings. The largest absolute Gasteiger partial charge is 0.490 e. The van der Waals surface area contributed by atoms with E-state index in [1.54, 1.807) is 16.8 Å². The van der Waals surface area contributed by atoms with Gasteiger partial charge in [-0.1, -0.05) is 43.4 Å². The van der Waals surface area contributed by atoms with Gasteiger partial charge in [-0.15, -0.1) is 0 Å². The van der Waals surface area contributed by atoms with Crippen molar-refractivity contribution in [3.05, 3.63) is 65.6 Å². The molecule has 0 spiro atoms. The molecule has 1 aliphatic rings. The number of aromatic amines is 1. The van der Waals surface area contributed by atoms with Crippen molar-refractivity contribution in [1.82, 2.24) is 14.8 Å². The van der Waals surface area contributed by atoms with Crippen LogP contribution in [0.3, 0.4) is 0 Å². The molecule has 7 heteroatoms. The summed E-state index contributed by atoms with van der Waals surface area (Å²) in [6.45, 7) is 4.07. The molecule has 0 amide bonds. The van der Waals surface area contributed by atoms with E-state index in [1.165, 1.54) is 6.42 Å². The van der Waals surface area contributed by atoms with Crippen molar-refractivity contribution in [2.75, 3.05) is 6.61 Å². The summed E-state index contributed by atoms with van der Waals surface area (Å²) in [6, 6.07) is 8.65. The molecule has 2 aromatic heterocycles. The summed E-state index contributed by atoms with van der Waals surface area (Å²) in [5.74, 6) is 0.362. The van der Waals surface area contributed by atoms with Crippen LogP contribution >= 0.6 is 12.2 Å². The number of nitrogens with one attached hydrogen (secondary N) is 1. The summed E-state index contributed by atoms with van der Waals surface area (Å²) in [7, 11) is 0. The van der Waals surface area contributed by atoms with Gasteiger partial charge in [0.05, 0.1) is 17.1 Å². The summed E-state index contributed by atoms with van der Waals surface area (Å²) < 4.78 is 13.9. The highest BCUT2D eigenvalue weighted by atomic mass is 32.1. The number of hydrogen-bond acceptors (Lipinski definition) is 5. The van der Waals surface area contributed by atoms with Crippen LogP contribution in [-0.2, 0) is 9.53 Å². The molecule has 1 atom stereocenters. The third-order valence-corrected chi connectivity index (χ3v) is 5.84. The highest BCUT2D eigenvalue weighted by Gasteiger charge is 2.28. The summed E-state index contributed by atoms with van der Waals surface area (Å²) in [4.78, 5) is 13.4. The van der Waals surface area contributed by atoms with Crippen LogP contribution in [0.4, 0.5) is 0 Å². The Kier molecular flexibility index (Phi) is 6.28. The van der Waals surface area contributed by atoms with Crippen LogP contribution in [0.1, 0.15) is 43.7 Å². The molecule has 0 aliphatic heterocycles. The standard InChI is InChI=1S/C23H25N3O3S/c1-2-13-28-18-10-6-7-16(14-18)21(23(27)29-17-8-4-3-5-9-17)26-12-11-20-19(22(26)30)15-24-25-20/h2,6-7,10-12,14-15,17,21H,1,3-5,8-9,13H2,(H,24,25). The zero-order valence-corrected chi connectivity index (χ0v) is 17.6. The molecule has 0 bridgehead atoms. The van der Waals surface area contributed by atoms with Crippen LogP contribution in [-0.4, -0.2) is 33.4 Å². The third-order valence-electron chi connectivity index (χ3n) is 5.41. The van der Waals surface area contributed by atoms with Crippen molar-refractivity contribution >= 4 is 29.1 Å². The number of hydrogen-bond donors (Lipinski definition) is 1. The molecule has 1 fully saturated rings. The highest BCUT2D eigenvalue weighted by molar-refractivity contribution is 7.71. The van der Waals surface area contributed by atoms with Gasteiger partial charge in [0.25, 0.3) is 0 Å². The molecule has 1 aromatic carbocycles. The van der Waals surface area contributed by atoms with E-state index < -0.39 is 6.04 Å². The summed E-state index contributed by atoms with van der Waals surface area (Å²) in [5.41, 5.74) is 1.59. The quantitative estimate of drug-likeness (QED) is 0.324. The van der Waals surface area contributed by atoms with Crippen LogP contribution in [0.25, 0.3) is 10.9 Å². The smallest absolute Gasteiger partial charge is 0.334 e. The number of benzene rings is 1. The van der Waals surface area contributed by atoms with Crippen LogP contribution in [0, 0.1) is 4.64 Å². The van der Waals surface area contributed by atoms with Crippen LogP contribution in [0.2, 0.25) is 0 Å². The monoisotopic (exact) mass is 423 g/mol. The highest BCUT2D eigenvalue weighted by Crippen LogP contribution is 2.29. The van der Waals surface area contributed by atoms with Gasteiger partial charge >= 0.3 is 5.97 Å². The Hall–Kier alpha value is -2.93. The van der Waals surface area contributed by atoms with Crippen LogP contribution in [0.5, 0.6) is 5.75 Å². The number of carbonyl (C=O) groups is 1. The zero-order valence-electron chi connectivity index (χ0n) is 16.8.